The van der Waals surface area contributed by atoms with Crippen molar-refractivity contribution in [1.29, 1.82) is 0 Å². The molecule has 1 heterocycles. The van der Waals surface area contributed by atoms with Gasteiger partial charge in [0, 0.05) is 23.6 Å². The highest BCUT2D eigenvalue weighted by Gasteiger charge is 2.11. The molecule has 0 bridgehead atoms. The van der Waals surface area contributed by atoms with E-state index in [2.05, 4.69) is 50.8 Å². The summed E-state index contributed by atoms with van der Waals surface area (Å²) in [7, 11) is 0. The summed E-state index contributed by atoms with van der Waals surface area (Å²) in [4.78, 5) is 0. The van der Waals surface area contributed by atoms with Crippen molar-refractivity contribution in [2.75, 3.05) is 13.1 Å². The summed E-state index contributed by atoms with van der Waals surface area (Å²) in [6.45, 7) is 3.24. The first-order valence-electron chi connectivity index (χ1n) is 5.53. The molecule has 3 heteroatoms. The van der Waals surface area contributed by atoms with Crippen molar-refractivity contribution in [2.45, 2.75) is 25.4 Å². The molecule has 0 radical (unpaired) electrons. The maximum Gasteiger partial charge on any atom is 0.0209 e. The van der Waals surface area contributed by atoms with Crippen LogP contribution in [0.1, 0.15) is 18.4 Å². The molecule has 0 amide bonds. The molecule has 0 spiro atoms. The second-order valence-corrected chi connectivity index (χ2v) is 4.97. The first-order valence-corrected chi connectivity index (χ1v) is 6.32. The second-order valence-electron chi connectivity index (χ2n) is 4.05. The minimum Gasteiger partial charge on any atom is -0.315 e. The van der Waals surface area contributed by atoms with E-state index in [0.29, 0.717) is 6.04 Å². The van der Waals surface area contributed by atoms with Crippen LogP contribution in [-0.4, -0.2) is 19.1 Å². The molecule has 1 aliphatic heterocycles. The minimum absolute atomic E-state index is 0.637. The Labute approximate surface area is 99.6 Å². The van der Waals surface area contributed by atoms with Gasteiger partial charge in [0.1, 0.15) is 0 Å². The van der Waals surface area contributed by atoms with Gasteiger partial charge in [-0.25, -0.2) is 0 Å². The Morgan fingerprint density at radius 1 is 1.47 bits per heavy atom. The van der Waals surface area contributed by atoms with Crippen LogP contribution in [0.4, 0.5) is 0 Å². The van der Waals surface area contributed by atoms with E-state index in [1.54, 1.807) is 0 Å². The summed E-state index contributed by atoms with van der Waals surface area (Å²) in [6.07, 6.45) is 2.58. The zero-order valence-electron chi connectivity index (χ0n) is 8.80. The van der Waals surface area contributed by atoms with E-state index in [1.165, 1.54) is 24.9 Å². The van der Waals surface area contributed by atoms with Crippen molar-refractivity contribution in [3.05, 3.63) is 34.3 Å². The third-order valence-electron chi connectivity index (χ3n) is 2.78. The Morgan fingerprint density at radius 3 is 3.13 bits per heavy atom. The molecule has 15 heavy (non-hydrogen) atoms. The monoisotopic (exact) mass is 268 g/mol. The molecule has 2 nitrogen and oxygen atoms in total. The molecule has 1 saturated heterocycles. The van der Waals surface area contributed by atoms with Crippen LogP contribution in [-0.2, 0) is 6.54 Å². The van der Waals surface area contributed by atoms with E-state index in [9.17, 15) is 0 Å². The molecule has 1 atom stereocenters. The lowest BCUT2D eigenvalue weighted by molar-refractivity contribution is 0.389. The number of rotatable bonds is 3. The SMILES string of the molecule is Brc1cccc(CNC2CCCNC2)c1. The van der Waals surface area contributed by atoms with E-state index in [0.717, 1.165) is 17.6 Å². The summed E-state index contributed by atoms with van der Waals surface area (Å²) in [5.41, 5.74) is 1.34. The van der Waals surface area contributed by atoms with E-state index in [1.807, 2.05) is 0 Å². The summed E-state index contributed by atoms with van der Waals surface area (Å²) >= 11 is 3.49. The summed E-state index contributed by atoms with van der Waals surface area (Å²) in [6, 6.07) is 9.11. The van der Waals surface area contributed by atoms with Crippen molar-refractivity contribution in [3.63, 3.8) is 0 Å². The molecule has 0 aromatic heterocycles. The van der Waals surface area contributed by atoms with Gasteiger partial charge in [0.05, 0.1) is 0 Å². The van der Waals surface area contributed by atoms with Crippen molar-refractivity contribution < 1.29 is 0 Å². The Bertz CT molecular complexity index is 308. The molecule has 1 fully saturated rings. The van der Waals surface area contributed by atoms with Gasteiger partial charge in [-0.3, -0.25) is 0 Å². The lowest BCUT2D eigenvalue weighted by Gasteiger charge is -2.23. The lowest BCUT2D eigenvalue weighted by atomic mass is 10.1. The maximum absolute atomic E-state index is 3.58. The summed E-state index contributed by atoms with van der Waals surface area (Å²) < 4.78 is 1.16. The van der Waals surface area contributed by atoms with Gasteiger partial charge in [-0.1, -0.05) is 28.1 Å². The van der Waals surface area contributed by atoms with Gasteiger partial charge in [-0.2, -0.15) is 0 Å². The highest BCUT2D eigenvalue weighted by molar-refractivity contribution is 9.10. The van der Waals surface area contributed by atoms with Crippen LogP contribution in [0.25, 0.3) is 0 Å². The fraction of sp³-hybridized carbons (Fsp3) is 0.500. The zero-order chi connectivity index (χ0) is 10.5. The van der Waals surface area contributed by atoms with Gasteiger partial charge in [0.25, 0.3) is 0 Å². The van der Waals surface area contributed by atoms with Crippen molar-refractivity contribution in [2.24, 2.45) is 0 Å². The lowest BCUT2D eigenvalue weighted by Crippen LogP contribution is -2.42. The minimum atomic E-state index is 0.637. The van der Waals surface area contributed by atoms with Crippen LogP contribution in [0.5, 0.6) is 0 Å². The maximum atomic E-state index is 3.58. The van der Waals surface area contributed by atoms with Gasteiger partial charge in [-0.05, 0) is 37.1 Å². The van der Waals surface area contributed by atoms with Crippen LogP contribution >= 0.6 is 15.9 Å². The van der Waals surface area contributed by atoms with E-state index >= 15 is 0 Å². The fourth-order valence-corrected chi connectivity index (χ4v) is 2.38. The fourth-order valence-electron chi connectivity index (χ4n) is 1.94. The smallest absolute Gasteiger partial charge is 0.0209 e. The van der Waals surface area contributed by atoms with Crippen molar-refractivity contribution in [3.8, 4) is 0 Å². The van der Waals surface area contributed by atoms with E-state index < -0.39 is 0 Å². The van der Waals surface area contributed by atoms with Crippen molar-refractivity contribution >= 4 is 15.9 Å². The molecule has 1 aromatic rings. The third-order valence-corrected chi connectivity index (χ3v) is 3.27. The molecule has 0 saturated carbocycles. The van der Waals surface area contributed by atoms with E-state index in [-0.39, 0.29) is 0 Å². The van der Waals surface area contributed by atoms with Crippen LogP contribution in [0, 0.1) is 0 Å². The second kappa shape index (κ2) is 5.64. The molecule has 2 rings (SSSR count). The molecule has 2 N–H and O–H groups in total. The average Bonchev–Trinajstić information content (AvgIpc) is 2.28. The Hall–Kier alpha value is -0.380. The highest BCUT2D eigenvalue weighted by atomic mass is 79.9. The quantitative estimate of drug-likeness (QED) is 0.879. The van der Waals surface area contributed by atoms with Crippen molar-refractivity contribution in [1.82, 2.24) is 10.6 Å². The van der Waals surface area contributed by atoms with Crippen LogP contribution in [0.15, 0.2) is 28.7 Å². The van der Waals surface area contributed by atoms with Gasteiger partial charge < -0.3 is 10.6 Å². The molecule has 0 aliphatic carbocycles. The number of benzene rings is 1. The molecular formula is C12H17BrN2. The van der Waals surface area contributed by atoms with Gasteiger partial charge in [-0.15, -0.1) is 0 Å². The Kier molecular flexibility index (Phi) is 4.18. The highest BCUT2D eigenvalue weighted by Crippen LogP contribution is 2.12. The first kappa shape index (κ1) is 11.1. The Morgan fingerprint density at radius 2 is 2.40 bits per heavy atom. The number of hydrogen-bond donors (Lipinski definition) is 2. The molecule has 1 aromatic carbocycles. The predicted molar refractivity (Wildman–Crippen MR) is 66.9 cm³/mol. The third kappa shape index (κ3) is 3.59. The Balaban J connectivity index is 1.81. The number of hydrogen-bond acceptors (Lipinski definition) is 2. The topological polar surface area (TPSA) is 24.1 Å². The summed E-state index contributed by atoms with van der Waals surface area (Å²) in [5.74, 6) is 0. The van der Waals surface area contributed by atoms with Crippen LogP contribution < -0.4 is 10.6 Å². The van der Waals surface area contributed by atoms with E-state index in [4.69, 9.17) is 0 Å². The van der Waals surface area contributed by atoms with Gasteiger partial charge in [0.15, 0.2) is 0 Å². The molecular weight excluding hydrogens is 252 g/mol. The van der Waals surface area contributed by atoms with Gasteiger partial charge in [0.2, 0.25) is 0 Å². The largest absolute Gasteiger partial charge is 0.315 e. The summed E-state index contributed by atoms with van der Waals surface area (Å²) in [5, 5.41) is 6.99. The predicted octanol–water partition coefficient (Wildman–Crippen LogP) is 2.29. The zero-order valence-corrected chi connectivity index (χ0v) is 10.4. The standard InChI is InChI=1S/C12H17BrN2/c13-11-4-1-3-10(7-11)8-15-12-5-2-6-14-9-12/h1,3-4,7,12,14-15H,2,5-6,8-9H2. The normalized spacial score (nSPS) is 21.5. The van der Waals surface area contributed by atoms with Gasteiger partial charge >= 0.3 is 0 Å². The van der Waals surface area contributed by atoms with Crippen LogP contribution in [0.2, 0.25) is 0 Å². The first-order chi connectivity index (χ1) is 7.34. The molecule has 1 aliphatic rings. The average molecular weight is 269 g/mol. The molecule has 1 unspecified atom stereocenters. The molecule has 82 valence electrons. The number of nitrogens with one attached hydrogen (secondary N) is 2. The number of piperidine rings is 1. The number of halogens is 1. The van der Waals surface area contributed by atoms with Crippen LogP contribution in [0.3, 0.4) is 0 Å².